The SMILES string of the molecule is COc1ccc(C(NC(=O)Cn2nc(C)cc2N)C2CC(O)C2)cc1F. The second-order valence-corrected chi connectivity index (χ2v) is 6.69. The first-order valence-electron chi connectivity index (χ1n) is 8.48. The molecule has 0 aliphatic heterocycles. The number of methoxy groups -OCH3 is 1. The number of hydrogen-bond donors (Lipinski definition) is 3. The molecule has 0 spiro atoms. The number of aliphatic hydroxyl groups is 1. The van der Waals surface area contributed by atoms with Gasteiger partial charge >= 0.3 is 0 Å². The number of rotatable bonds is 6. The Hall–Kier alpha value is -2.61. The number of benzene rings is 1. The number of aromatic nitrogens is 2. The number of halogens is 1. The van der Waals surface area contributed by atoms with Crippen LogP contribution in [-0.2, 0) is 11.3 Å². The largest absolute Gasteiger partial charge is 0.494 e. The monoisotopic (exact) mass is 362 g/mol. The van der Waals surface area contributed by atoms with Crippen molar-refractivity contribution >= 4 is 11.7 Å². The molecule has 3 rings (SSSR count). The number of amides is 1. The molecular weight excluding hydrogens is 339 g/mol. The van der Waals surface area contributed by atoms with Gasteiger partial charge in [-0.05, 0) is 43.4 Å². The third-order valence-electron chi connectivity index (χ3n) is 4.70. The fraction of sp³-hybridized carbons (Fsp3) is 0.444. The summed E-state index contributed by atoms with van der Waals surface area (Å²) in [6, 6.07) is 5.91. The van der Waals surface area contributed by atoms with Gasteiger partial charge < -0.3 is 20.9 Å². The number of aliphatic hydroxyl groups excluding tert-OH is 1. The number of nitrogens with one attached hydrogen (secondary N) is 1. The van der Waals surface area contributed by atoms with Gasteiger partial charge in [0.1, 0.15) is 12.4 Å². The summed E-state index contributed by atoms with van der Waals surface area (Å²) in [6.45, 7) is 1.77. The van der Waals surface area contributed by atoms with Gasteiger partial charge in [-0.25, -0.2) is 9.07 Å². The highest BCUT2D eigenvalue weighted by Gasteiger charge is 2.36. The highest BCUT2D eigenvalue weighted by molar-refractivity contribution is 5.76. The van der Waals surface area contributed by atoms with Crippen LogP contribution in [-0.4, -0.2) is 34.0 Å². The zero-order chi connectivity index (χ0) is 18.8. The minimum atomic E-state index is -0.490. The van der Waals surface area contributed by atoms with Crippen LogP contribution in [0.1, 0.15) is 30.1 Å². The van der Waals surface area contributed by atoms with Crippen molar-refractivity contribution < 1.29 is 19.0 Å². The minimum absolute atomic E-state index is 0.0237. The molecule has 8 heteroatoms. The van der Waals surface area contributed by atoms with Crippen molar-refractivity contribution in [3.05, 3.63) is 41.3 Å². The van der Waals surface area contributed by atoms with Crippen molar-refractivity contribution in [1.29, 1.82) is 0 Å². The lowest BCUT2D eigenvalue weighted by atomic mass is 9.75. The highest BCUT2D eigenvalue weighted by Crippen LogP contribution is 2.39. The Morgan fingerprint density at radius 3 is 2.77 bits per heavy atom. The molecule has 140 valence electrons. The van der Waals surface area contributed by atoms with E-state index >= 15 is 0 Å². The molecule has 0 bridgehead atoms. The van der Waals surface area contributed by atoms with Gasteiger partial charge in [0.15, 0.2) is 11.6 Å². The van der Waals surface area contributed by atoms with Crippen LogP contribution < -0.4 is 15.8 Å². The van der Waals surface area contributed by atoms with Crippen molar-refractivity contribution in [2.75, 3.05) is 12.8 Å². The number of carbonyl (C=O) groups is 1. The second kappa shape index (κ2) is 7.33. The van der Waals surface area contributed by atoms with E-state index in [0.717, 1.165) is 5.69 Å². The molecular formula is C18H23FN4O3. The van der Waals surface area contributed by atoms with Gasteiger partial charge in [-0.3, -0.25) is 4.79 Å². The normalized spacial score (nSPS) is 20.3. The molecule has 1 atom stereocenters. The molecule has 0 saturated heterocycles. The maximum Gasteiger partial charge on any atom is 0.242 e. The summed E-state index contributed by atoms with van der Waals surface area (Å²) in [5.74, 6) is -0.173. The Bertz CT molecular complexity index is 802. The van der Waals surface area contributed by atoms with Crippen LogP contribution in [0.3, 0.4) is 0 Å². The standard InChI is InChI=1S/C18H23FN4O3/c1-10-5-16(20)23(22-10)9-17(25)21-18(12-6-13(24)7-12)11-3-4-15(26-2)14(19)8-11/h3-5,8,12-13,18,24H,6-7,9,20H2,1-2H3,(H,21,25). The quantitative estimate of drug-likeness (QED) is 0.724. The number of carbonyl (C=O) groups excluding carboxylic acids is 1. The number of ether oxygens (including phenoxy) is 1. The van der Waals surface area contributed by atoms with E-state index in [0.29, 0.717) is 24.2 Å². The van der Waals surface area contributed by atoms with Gasteiger partial charge in [0.25, 0.3) is 0 Å². The number of nitrogens with two attached hydrogens (primary N) is 1. The summed E-state index contributed by atoms with van der Waals surface area (Å²) in [5.41, 5.74) is 7.19. The van der Waals surface area contributed by atoms with E-state index in [2.05, 4.69) is 10.4 Å². The molecule has 1 aromatic carbocycles. The maximum atomic E-state index is 14.1. The predicted octanol–water partition coefficient (Wildman–Crippen LogP) is 1.55. The zero-order valence-corrected chi connectivity index (χ0v) is 14.8. The second-order valence-electron chi connectivity index (χ2n) is 6.69. The molecule has 26 heavy (non-hydrogen) atoms. The van der Waals surface area contributed by atoms with E-state index < -0.39 is 11.9 Å². The molecule has 1 unspecified atom stereocenters. The first-order valence-corrected chi connectivity index (χ1v) is 8.48. The summed E-state index contributed by atoms with van der Waals surface area (Å²) in [4.78, 5) is 12.5. The Balaban J connectivity index is 1.77. The Morgan fingerprint density at radius 2 is 2.23 bits per heavy atom. The first-order chi connectivity index (χ1) is 12.4. The van der Waals surface area contributed by atoms with E-state index in [4.69, 9.17) is 10.5 Å². The molecule has 7 nitrogen and oxygen atoms in total. The van der Waals surface area contributed by atoms with E-state index in [1.165, 1.54) is 23.9 Å². The van der Waals surface area contributed by atoms with Crippen LogP contribution in [0.2, 0.25) is 0 Å². The molecule has 4 N–H and O–H groups in total. The van der Waals surface area contributed by atoms with Crippen molar-refractivity contribution in [2.24, 2.45) is 5.92 Å². The first kappa shape index (κ1) is 18.2. The Labute approximate surface area is 150 Å². The predicted molar refractivity (Wildman–Crippen MR) is 93.9 cm³/mol. The van der Waals surface area contributed by atoms with Crippen LogP contribution in [0, 0.1) is 18.7 Å². The third kappa shape index (κ3) is 3.80. The fourth-order valence-corrected chi connectivity index (χ4v) is 3.30. The summed E-state index contributed by atoms with van der Waals surface area (Å²) in [5, 5.41) is 16.7. The number of aryl methyl sites for hydroxylation is 1. The van der Waals surface area contributed by atoms with Gasteiger partial charge in [0.2, 0.25) is 5.91 Å². The Kier molecular flexibility index (Phi) is 5.13. The van der Waals surface area contributed by atoms with E-state index in [1.807, 2.05) is 0 Å². The summed E-state index contributed by atoms with van der Waals surface area (Å²) in [7, 11) is 1.40. The van der Waals surface area contributed by atoms with Crippen molar-refractivity contribution in [3.8, 4) is 5.75 Å². The summed E-state index contributed by atoms with van der Waals surface area (Å²) < 4.78 is 20.5. The smallest absolute Gasteiger partial charge is 0.242 e. The lowest BCUT2D eigenvalue weighted by Gasteiger charge is -2.38. The molecule has 1 heterocycles. The number of hydrogen-bond acceptors (Lipinski definition) is 5. The molecule has 1 aromatic heterocycles. The van der Waals surface area contributed by atoms with Crippen molar-refractivity contribution in [2.45, 2.75) is 38.5 Å². The van der Waals surface area contributed by atoms with E-state index in [1.54, 1.807) is 19.1 Å². The van der Waals surface area contributed by atoms with Crippen LogP contribution in [0.25, 0.3) is 0 Å². The molecule has 1 aliphatic carbocycles. The van der Waals surface area contributed by atoms with Crippen LogP contribution in [0.5, 0.6) is 5.75 Å². The number of nitrogens with zero attached hydrogens (tertiary/aromatic N) is 2. The third-order valence-corrected chi connectivity index (χ3v) is 4.70. The average Bonchev–Trinajstić information content (AvgIpc) is 2.87. The average molecular weight is 362 g/mol. The van der Waals surface area contributed by atoms with E-state index in [-0.39, 0.29) is 30.2 Å². The maximum absolute atomic E-state index is 14.1. The van der Waals surface area contributed by atoms with Crippen molar-refractivity contribution in [3.63, 3.8) is 0 Å². The van der Waals surface area contributed by atoms with E-state index in [9.17, 15) is 14.3 Å². The van der Waals surface area contributed by atoms with Crippen molar-refractivity contribution in [1.82, 2.24) is 15.1 Å². The lowest BCUT2D eigenvalue weighted by molar-refractivity contribution is -0.123. The fourth-order valence-electron chi connectivity index (χ4n) is 3.30. The molecule has 1 fully saturated rings. The molecule has 1 saturated carbocycles. The summed E-state index contributed by atoms with van der Waals surface area (Å²) >= 11 is 0. The van der Waals surface area contributed by atoms with Crippen LogP contribution >= 0.6 is 0 Å². The number of nitrogen functional groups attached to an aromatic ring is 1. The minimum Gasteiger partial charge on any atom is -0.494 e. The Morgan fingerprint density at radius 1 is 1.50 bits per heavy atom. The zero-order valence-electron chi connectivity index (χ0n) is 14.8. The molecule has 1 amide bonds. The van der Waals surface area contributed by atoms with Gasteiger partial charge in [-0.15, -0.1) is 0 Å². The van der Waals surface area contributed by atoms with Gasteiger partial charge in [-0.2, -0.15) is 5.10 Å². The van der Waals surface area contributed by atoms with Crippen LogP contribution in [0.15, 0.2) is 24.3 Å². The highest BCUT2D eigenvalue weighted by atomic mass is 19.1. The summed E-state index contributed by atoms with van der Waals surface area (Å²) in [6.07, 6.45) is 0.732. The number of anilines is 1. The topological polar surface area (TPSA) is 102 Å². The van der Waals surface area contributed by atoms with Gasteiger partial charge in [0, 0.05) is 6.07 Å². The molecule has 1 aliphatic rings. The van der Waals surface area contributed by atoms with Gasteiger partial charge in [0.05, 0.1) is 24.9 Å². The molecule has 2 aromatic rings. The molecule has 0 radical (unpaired) electrons. The lowest BCUT2D eigenvalue weighted by Crippen LogP contribution is -2.42. The van der Waals surface area contributed by atoms with Gasteiger partial charge in [-0.1, -0.05) is 6.07 Å². The van der Waals surface area contributed by atoms with Crippen LogP contribution in [0.4, 0.5) is 10.2 Å².